The number of hydrogen-bond acceptors (Lipinski definition) is 5. The molecule has 8 heteroatoms. The van der Waals surface area contributed by atoms with Gasteiger partial charge in [0.1, 0.15) is 0 Å². The average Bonchev–Trinajstić information content (AvgIpc) is 2.78. The first-order valence-electron chi connectivity index (χ1n) is 7.34. The van der Waals surface area contributed by atoms with E-state index in [1.54, 1.807) is 9.80 Å². The summed E-state index contributed by atoms with van der Waals surface area (Å²) in [6.45, 7) is 4.39. The van der Waals surface area contributed by atoms with Crippen LogP contribution in [0.5, 0.6) is 0 Å². The zero-order chi connectivity index (χ0) is 15.5. The molecule has 2 fully saturated rings. The molecule has 2 rings (SSSR count). The SMILES string of the molecule is CC(=O)N1CCN(C(=O)CCNC2CCS(=O)(=O)C2)CC1. The monoisotopic (exact) mass is 317 g/mol. The number of rotatable bonds is 4. The van der Waals surface area contributed by atoms with E-state index >= 15 is 0 Å². The van der Waals surface area contributed by atoms with Gasteiger partial charge in [-0.15, -0.1) is 0 Å². The van der Waals surface area contributed by atoms with Gasteiger partial charge < -0.3 is 15.1 Å². The van der Waals surface area contributed by atoms with E-state index in [9.17, 15) is 18.0 Å². The fourth-order valence-corrected chi connectivity index (χ4v) is 4.48. The highest BCUT2D eigenvalue weighted by atomic mass is 32.2. The maximum absolute atomic E-state index is 12.0. The normalized spacial score (nSPS) is 25.1. The lowest BCUT2D eigenvalue weighted by Gasteiger charge is -2.34. The third-order valence-electron chi connectivity index (χ3n) is 4.08. The molecule has 0 aromatic heterocycles. The first-order valence-corrected chi connectivity index (χ1v) is 9.16. The Morgan fingerprint density at radius 1 is 1.14 bits per heavy atom. The van der Waals surface area contributed by atoms with Gasteiger partial charge in [0, 0.05) is 52.1 Å². The van der Waals surface area contributed by atoms with Crippen LogP contribution >= 0.6 is 0 Å². The van der Waals surface area contributed by atoms with Crippen molar-refractivity contribution in [2.24, 2.45) is 0 Å². The number of sulfone groups is 1. The first kappa shape index (κ1) is 16.2. The van der Waals surface area contributed by atoms with Crippen LogP contribution in [-0.2, 0) is 19.4 Å². The van der Waals surface area contributed by atoms with Gasteiger partial charge in [0.15, 0.2) is 9.84 Å². The van der Waals surface area contributed by atoms with E-state index in [4.69, 9.17) is 0 Å². The Balaban J connectivity index is 1.65. The van der Waals surface area contributed by atoms with Gasteiger partial charge in [0.25, 0.3) is 0 Å². The van der Waals surface area contributed by atoms with Crippen molar-refractivity contribution in [2.45, 2.75) is 25.8 Å². The van der Waals surface area contributed by atoms with Crippen LogP contribution in [0.15, 0.2) is 0 Å². The molecule has 2 amide bonds. The molecule has 2 heterocycles. The van der Waals surface area contributed by atoms with Crippen molar-refractivity contribution in [3.05, 3.63) is 0 Å². The van der Waals surface area contributed by atoms with Crippen LogP contribution in [0, 0.1) is 0 Å². The summed E-state index contributed by atoms with van der Waals surface area (Å²) in [5.74, 6) is 0.530. The van der Waals surface area contributed by atoms with Crippen molar-refractivity contribution in [1.29, 1.82) is 0 Å². The summed E-state index contributed by atoms with van der Waals surface area (Å²) >= 11 is 0. The third kappa shape index (κ3) is 4.67. The van der Waals surface area contributed by atoms with Gasteiger partial charge in [-0.25, -0.2) is 8.42 Å². The van der Waals surface area contributed by atoms with Crippen molar-refractivity contribution in [3.63, 3.8) is 0 Å². The van der Waals surface area contributed by atoms with Crippen molar-refractivity contribution >= 4 is 21.7 Å². The minimum absolute atomic E-state index is 0.0163. The molecule has 7 nitrogen and oxygen atoms in total. The van der Waals surface area contributed by atoms with Gasteiger partial charge in [0.05, 0.1) is 11.5 Å². The summed E-state index contributed by atoms with van der Waals surface area (Å²) < 4.78 is 22.6. The van der Waals surface area contributed by atoms with E-state index in [1.165, 1.54) is 6.92 Å². The lowest BCUT2D eigenvalue weighted by molar-refractivity contribution is -0.138. The summed E-state index contributed by atoms with van der Waals surface area (Å²) in [6.07, 6.45) is 1.00. The van der Waals surface area contributed by atoms with E-state index < -0.39 is 9.84 Å². The summed E-state index contributed by atoms with van der Waals surface area (Å²) in [5, 5.41) is 3.14. The Morgan fingerprint density at radius 3 is 2.29 bits per heavy atom. The second-order valence-electron chi connectivity index (χ2n) is 5.69. The highest BCUT2D eigenvalue weighted by Gasteiger charge is 2.27. The summed E-state index contributed by atoms with van der Waals surface area (Å²) in [5.41, 5.74) is 0. The van der Waals surface area contributed by atoms with Crippen LogP contribution in [0.3, 0.4) is 0 Å². The Labute approximate surface area is 125 Å². The van der Waals surface area contributed by atoms with Gasteiger partial charge in [-0.1, -0.05) is 0 Å². The molecule has 0 radical (unpaired) electrons. The van der Waals surface area contributed by atoms with Gasteiger partial charge in [0.2, 0.25) is 11.8 Å². The van der Waals surface area contributed by atoms with E-state index in [0.717, 1.165) is 0 Å². The molecule has 2 aliphatic rings. The maximum atomic E-state index is 12.0. The lowest BCUT2D eigenvalue weighted by atomic mass is 10.2. The minimum atomic E-state index is -2.88. The van der Waals surface area contributed by atoms with Crippen molar-refractivity contribution in [2.75, 3.05) is 44.2 Å². The number of nitrogens with zero attached hydrogens (tertiary/aromatic N) is 2. The van der Waals surface area contributed by atoms with Crippen LogP contribution < -0.4 is 5.32 Å². The van der Waals surface area contributed by atoms with Gasteiger partial charge in [-0.05, 0) is 6.42 Å². The molecule has 0 bridgehead atoms. The Morgan fingerprint density at radius 2 is 1.76 bits per heavy atom. The van der Waals surface area contributed by atoms with E-state index in [1.807, 2.05) is 0 Å². The average molecular weight is 317 g/mol. The molecule has 2 saturated heterocycles. The molecular weight excluding hydrogens is 294 g/mol. The first-order chi connectivity index (χ1) is 9.87. The molecule has 0 aliphatic carbocycles. The smallest absolute Gasteiger partial charge is 0.223 e. The van der Waals surface area contributed by atoms with Gasteiger partial charge >= 0.3 is 0 Å². The lowest BCUT2D eigenvalue weighted by Crippen LogP contribution is -2.50. The molecule has 120 valence electrons. The van der Waals surface area contributed by atoms with Crippen molar-refractivity contribution in [1.82, 2.24) is 15.1 Å². The number of nitrogens with one attached hydrogen (secondary N) is 1. The molecular formula is C13H23N3O4S. The van der Waals surface area contributed by atoms with Crippen LogP contribution in [0.4, 0.5) is 0 Å². The summed E-state index contributed by atoms with van der Waals surface area (Å²) in [7, 11) is -2.88. The fourth-order valence-electron chi connectivity index (χ4n) is 2.77. The van der Waals surface area contributed by atoms with Crippen LogP contribution in [0.2, 0.25) is 0 Å². The molecule has 2 aliphatic heterocycles. The predicted octanol–water partition coefficient (Wildman–Crippen LogP) is -1.16. The molecule has 0 saturated carbocycles. The zero-order valence-electron chi connectivity index (χ0n) is 12.4. The molecule has 0 aromatic rings. The molecule has 1 atom stereocenters. The minimum Gasteiger partial charge on any atom is -0.339 e. The van der Waals surface area contributed by atoms with E-state index in [0.29, 0.717) is 45.6 Å². The van der Waals surface area contributed by atoms with E-state index in [2.05, 4.69) is 5.32 Å². The highest BCUT2D eigenvalue weighted by molar-refractivity contribution is 7.91. The summed E-state index contributed by atoms with van der Waals surface area (Å²) in [6, 6.07) is -0.0163. The molecule has 1 N–H and O–H groups in total. The topological polar surface area (TPSA) is 86.8 Å². The molecule has 0 aromatic carbocycles. The summed E-state index contributed by atoms with van der Waals surface area (Å²) in [4.78, 5) is 26.8. The van der Waals surface area contributed by atoms with Crippen molar-refractivity contribution < 1.29 is 18.0 Å². The molecule has 21 heavy (non-hydrogen) atoms. The van der Waals surface area contributed by atoms with Gasteiger partial charge in [-0.3, -0.25) is 9.59 Å². The number of carbonyl (C=O) groups is 2. The van der Waals surface area contributed by atoms with E-state index in [-0.39, 0.29) is 29.4 Å². The molecule has 0 spiro atoms. The zero-order valence-corrected chi connectivity index (χ0v) is 13.2. The predicted molar refractivity (Wildman–Crippen MR) is 78.5 cm³/mol. The standard InChI is InChI=1S/C13H23N3O4S/c1-11(17)15-5-7-16(8-6-15)13(18)2-4-14-12-3-9-21(19,20)10-12/h12,14H,2-10H2,1H3. The number of piperazine rings is 1. The number of hydrogen-bond donors (Lipinski definition) is 1. The quantitative estimate of drug-likeness (QED) is 0.707. The Hall–Kier alpha value is -1.15. The van der Waals surface area contributed by atoms with Crippen molar-refractivity contribution in [3.8, 4) is 0 Å². The van der Waals surface area contributed by atoms with Crippen LogP contribution in [-0.4, -0.2) is 80.3 Å². The van der Waals surface area contributed by atoms with Crippen LogP contribution in [0.25, 0.3) is 0 Å². The van der Waals surface area contributed by atoms with Crippen LogP contribution in [0.1, 0.15) is 19.8 Å². The second-order valence-corrected chi connectivity index (χ2v) is 7.92. The maximum Gasteiger partial charge on any atom is 0.223 e. The van der Waals surface area contributed by atoms with Gasteiger partial charge in [-0.2, -0.15) is 0 Å². The Kier molecular flexibility index (Phi) is 5.21. The molecule has 1 unspecified atom stereocenters. The third-order valence-corrected chi connectivity index (χ3v) is 5.85. The largest absolute Gasteiger partial charge is 0.339 e. The highest BCUT2D eigenvalue weighted by Crippen LogP contribution is 2.11. The fraction of sp³-hybridized carbons (Fsp3) is 0.846. The number of amides is 2. The number of carbonyl (C=O) groups excluding carboxylic acids is 2. The Bertz CT molecular complexity index is 498. The second kappa shape index (κ2) is 6.74.